The number of nitrogens with zero attached hydrogens (tertiary/aromatic N) is 3. The van der Waals surface area contributed by atoms with Crippen molar-refractivity contribution in [2.24, 2.45) is 7.05 Å². The molecule has 1 unspecified atom stereocenters. The van der Waals surface area contributed by atoms with Crippen LogP contribution in [0.4, 0.5) is 0 Å². The molecule has 112 valence electrons. The number of fused-ring (bicyclic) bond motifs is 1. The molecule has 0 saturated carbocycles. The number of aromatic nitrogens is 3. The van der Waals surface area contributed by atoms with Gasteiger partial charge in [0.2, 0.25) is 0 Å². The lowest BCUT2D eigenvalue weighted by Gasteiger charge is -2.23. The standard InChI is InChI=1S/C14H17BrN4O2/c1-3-16-12(13-14(15)17-18-19(13)2)9-4-5-10-11(8-9)21-7-6-20-10/h4-5,8,12,16H,3,6-7H2,1-2H3. The van der Waals surface area contributed by atoms with Crippen LogP contribution in [0.5, 0.6) is 11.5 Å². The van der Waals surface area contributed by atoms with Crippen molar-refractivity contribution in [3.05, 3.63) is 34.1 Å². The first-order chi connectivity index (χ1) is 10.2. The summed E-state index contributed by atoms with van der Waals surface area (Å²) in [6.45, 7) is 4.08. The Labute approximate surface area is 131 Å². The van der Waals surface area contributed by atoms with E-state index in [0.717, 1.165) is 33.9 Å². The SMILES string of the molecule is CCNC(c1ccc2c(c1)OCCO2)c1c(Br)nnn1C. The van der Waals surface area contributed by atoms with E-state index in [1.54, 1.807) is 4.68 Å². The van der Waals surface area contributed by atoms with E-state index in [1.165, 1.54) is 0 Å². The van der Waals surface area contributed by atoms with Crippen molar-refractivity contribution >= 4 is 15.9 Å². The molecule has 0 radical (unpaired) electrons. The molecule has 0 fully saturated rings. The van der Waals surface area contributed by atoms with Gasteiger partial charge in [0.25, 0.3) is 0 Å². The molecule has 1 aromatic heterocycles. The summed E-state index contributed by atoms with van der Waals surface area (Å²) < 4.78 is 13.8. The van der Waals surface area contributed by atoms with Crippen molar-refractivity contribution in [2.45, 2.75) is 13.0 Å². The van der Waals surface area contributed by atoms with Gasteiger partial charge in [-0.15, -0.1) is 5.10 Å². The fourth-order valence-corrected chi connectivity index (χ4v) is 3.02. The molecule has 21 heavy (non-hydrogen) atoms. The zero-order valence-electron chi connectivity index (χ0n) is 12.0. The zero-order chi connectivity index (χ0) is 14.8. The largest absolute Gasteiger partial charge is 0.486 e. The minimum Gasteiger partial charge on any atom is -0.486 e. The topological polar surface area (TPSA) is 61.2 Å². The molecule has 1 aliphatic rings. The smallest absolute Gasteiger partial charge is 0.161 e. The van der Waals surface area contributed by atoms with Crippen molar-refractivity contribution in [2.75, 3.05) is 19.8 Å². The van der Waals surface area contributed by atoms with Crippen molar-refractivity contribution < 1.29 is 9.47 Å². The Hall–Kier alpha value is -1.60. The fraction of sp³-hybridized carbons (Fsp3) is 0.429. The Morgan fingerprint density at radius 1 is 1.33 bits per heavy atom. The number of benzene rings is 1. The number of hydrogen-bond acceptors (Lipinski definition) is 5. The maximum Gasteiger partial charge on any atom is 0.161 e. The van der Waals surface area contributed by atoms with Gasteiger partial charge < -0.3 is 14.8 Å². The molecule has 0 amide bonds. The Balaban J connectivity index is 2.01. The highest BCUT2D eigenvalue weighted by molar-refractivity contribution is 9.10. The summed E-state index contributed by atoms with van der Waals surface area (Å²) in [5.41, 5.74) is 2.07. The van der Waals surface area contributed by atoms with Crippen molar-refractivity contribution in [1.29, 1.82) is 0 Å². The van der Waals surface area contributed by atoms with Gasteiger partial charge in [-0.25, -0.2) is 4.68 Å². The number of nitrogens with one attached hydrogen (secondary N) is 1. The molecule has 1 N–H and O–H groups in total. The summed E-state index contributed by atoms with van der Waals surface area (Å²) in [5, 5.41) is 11.6. The predicted octanol–water partition coefficient (Wildman–Crippen LogP) is 2.05. The maximum atomic E-state index is 5.67. The van der Waals surface area contributed by atoms with Gasteiger partial charge in [-0.2, -0.15) is 0 Å². The van der Waals surface area contributed by atoms with E-state index < -0.39 is 0 Å². The Morgan fingerprint density at radius 3 is 2.76 bits per heavy atom. The number of rotatable bonds is 4. The van der Waals surface area contributed by atoms with Gasteiger partial charge in [0.1, 0.15) is 13.2 Å². The Bertz CT molecular complexity index is 624. The molecule has 0 saturated heterocycles. The molecule has 1 aliphatic heterocycles. The zero-order valence-corrected chi connectivity index (χ0v) is 13.6. The fourth-order valence-electron chi connectivity index (χ4n) is 2.46. The lowest BCUT2D eigenvalue weighted by atomic mass is 10.0. The summed E-state index contributed by atoms with van der Waals surface area (Å²) in [5.74, 6) is 1.58. The van der Waals surface area contributed by atoms with E-state index >= 15 is 0 Å². The van der Waals surface area contributed by atoms with Crippen molar-refractivity contribution in [3.8, 4) is 11.5 Å². The average molecular weight is 353 g/mol. The van der Waals surface area contributed by atoms with Crippen LogP contribution in [0.25, 0.3) is 0 Å². The predicted molar refractivity (Wildman–Crippen MR) is 81.7 cm³/mol. The molecule has 7 heteroatoms. The van der Waals surface area contributed by atoms with Crippen LogP contribution in [0.3, 0.4) is 0 Å². The summed E-state index contributed by atoms with van der Waals surface area (Å²) in [6, 6.07) is 5.99. The molecule has 6 nitrogen and oxygen atoms in total. The molecule has 0 aliphatic carbocycles. The Morgan fingerprint density at radius 2 is 2.10 bits per heavy atom. The number of halogens is 1. The van der Waals surface area contributed by atoms with E-state index in [4.69, 9.17) is 9.47 Å². The van der Waals surface area contributed by atoms with Gasteiger partial charge in [-0.3, -0.25) is 0 Å². The quantitative estimate of drug-likeness (QED) is 0.912. The molecule has 1 atom stereocenters. The highest BCUT2D eigenvalue weighted by atomic mass is 79.9. The molecule has 1 aromatic carbocycles. The summed E-state index contributed by atoms with van der Waals surface area (Å²) >= 11 is 3.47. The number of aryl methyl sites for hydroxylation is 1. The monoisotopic (exact) mass is 352 g/mol. The second kappa shape index (κ2) is 6.03. The highest BCUT2D eigenvalue weighted by Crippen LogP contribution is 2.35. The summed E-state index contributed by atoms with van der Waals surface area (Å²) in [4.78, 5) is 0. The number of ether oxygens (including phenoxy) is 2. The minimum atomic E-state index is -0.0137. The number of hydrogen-bond donors (Lipinski definition) is 1. The van der Waals surface area contributed by atoms with Crippen molar-refractivity contribution in [3.63, 3.8) is 0 Å². The summed E-state index contributed by atoms with van der Waals surface area (Å²) in [6.07, 6.45) is 0. The van der Waals surface area contributed by atoms with E-state index in [1.807, 2.05) is 25.2 Å². The lowest BCUT2D eigenvalue weighted by Crippen LogP contribution is -2.25. The van der Waals surface area contributed by atoms with Crippen LogP contribution in [0.15, 0.2) is 22.8 Å². The molecule has 0 bridgehead atoms. The van der Waals surface area contributed by atoms with Gasteiger partial charge in [-0.05, 0) is 40.2 Å². The second-order valence-corrected chi connectivity index (χ2v) is 5.53. The summed E-state index contributed by atoms with van der Waals surface area (Å²) in [7, 11) is 1.88. The first kappa shape index (κ1) is 14.3. The normalized spacial score (nSPS) is 15.0. The third-order valence-corrected chi connectivity index (χ3v) is 3.97. The Kier molecular flexibility index (Phi) is 4.12. The van der Waals surface area contributed by atoms with Crippen LogP contribution < -0.4 is 14.8 Å². The van der Waals surface area contributed by atoms with Crippen molar-refractivity contribution in [1.82, 2.24) is 20.3 Å². The first-order valence-electron chi connectivity index (χ1n) is 6.88. The van der Waals surface area contributed by atoms with E-state index in [0.29, 0.717) is 13.2 Å². The van der Waals surface area contributed by atoms with Gasteiger partial charge >= 0.3 is 0 Å². The first-order valence-corrected chi connectivity index (χ1v) is 7.68. The highest BCUT2D eigenvalue weighted by Gasteiger charge is 2.23. The molecule has 0 spiro atoms. The van der Waals surface area contributed by atoms with Crippen LogP contribution in [-0.4, -0.2) is 34.8 Å². The van der Waals surface area contributed by atoms with Crippen LogP contribution in [0.1, 0.15) is 24.2 Å². The molecular formula is C14H17BrN4O2. The molecule has 2 heterocycles. The van der Waals surface area contributed by atoms with E-state index in [-0.39, 0.29) is 6.04 Å². The molecule has 2 aromatic rings. The van der Waals surface area contributed by atoms with Gasteiger partial charge in [0.05, 0.1) is 11.7 Å². The van der Waals surface area contributed by atoms with Crippen LogP contribution in [0.2, 0.25) is 0 Å². The van der Waals surface area contributed by atoms with Crippen LogP contribution in [0, 0.1) is 0 Å². The van der Waals surface area contributed by atoms with Crippen LogP contribution >= 0.6 is 15.9 Å². The lowest BCUT2D eigenvalue weighted by molar-refractivity contribution is 0.171. The van der Waals surface area contributed by atoms with E-state index in [2.05, 4.69) is 38.5 Å². The third-order valence-electron chi connectivity index (χ3n) is 3.41. The molecular weight excluding hydrogens is 336 g/mol. The molecule has 3 rings (SSSR count). The average Bonchev–Trinajstić information content (AvgIpc) is 2.84. The van der Waals surface area contributed by atoms with Gasteiger partial charge in [0.15, 0.2) is 16.1 Å². The maximum absolute atomic E-state index is 5.67. The third kappa shape index (κ3) is 2.75. The second-order valence-electron chi connectivity index (χ2n) is 4.78. The van der Waals surface area contributed by atoms with E-state index in [9.17, 15) is 0 Å². The van der Waals surface area contributed by atoms with Crippen LogP contribution in [-0.2, 0) is 7.05 Å². The van der Waals surface area contributed by atoms with Gasteiger partial charge in [-0.1, -0.05) is 18.2 Å². The van der Waals surface area contributed by atoms with Gasteiger partial charge in [0, 0.05) is 7.05 Å². The minimum absolute atomic E-state index is 0.0137.